The number of aryl methyl sites for hydroxylation is 1. The average molecular weight is 463 g/mol. The second kappa shape index (κ2) is 9.70. The molecule has 2 N–H and O–H groups in total. The number of benzene rings is 2. The number of nitrogens with one attached hydrogen (secondary N) is 2. The quantitative estimate of drug-likeness (QED) is 0.393. The molecule has 0 fully saturated rings. The lowest BCUT2D eigenvalue weighted by molar-refractivity contribution is -0.138. The maximum Gasteiger partial charge on any atom is 0.416 e. The molecule has 172 valence electrons. The number of pyridine rings is 1. The van der Waals surface area contributed by atoms with Gasteiger partial charge in [0.25, 0.3) is 5.91 Å². The van der Waals surface area contributed by atoms with Crippen molar-refractivity contribution in [3.05, 3.63) is 102 Å². The van der Waals surface area contributed by atoms with Gasteiger partial charge in [-0.1, -0.05) is 24.3 Å². The Morgan fingerprint density at radius 2 is 1.79 bits per heavy atom. The lowest BCUT2D eigenvalue weighted by Gasteiger charge is -2.15. The van der Waals surface area contributed by atoms with Crippen molar-refractivity contribution in [2.75, 3.05) is 5.32 Å². The van der Waals surface area contributed by atoms with Gasteiger partial charge in [0.05, 0.1) is 11.3 Å². The molecule has 2 heterocycles. The van der Waals surface area contributed by atoms with Crippen LogP contribution in [0.4, 0.5) is 24.7 Å². The highest BCUT2D eigenvalue weighted by molar-refractivity contribution is 5.95. The van der Waals surface area contributed by atoms with E-state index >= 15 is 0 Å². The minimum absolute atomic E-state index is 0.00297. The fraction of sp³-hybridized carbons (Fsp3) is 0.120. The van der Waals surface area contributed by atoms with E-state index in [1.54, 1.807) is 42.7 Å². The summed E-state index contributed by atoms with van der Waals surface area (Å²) in [6.45, 7) is 1.63. The van der Waals surface area contributed by atoms with Gasteiger partial charge in [-0.3, -0.25) is 4.79 Å². The lowest BCUT2D eigenvalue weighted by Crippen LogP contribution is -2.24. The van der Waals surface area contributed by atoms with E-state index in [0.29, 0.717) is 22.8 Å². The summed E-state index contributed by atoms with van der Waals surface area (Å²) in [5.74, 6) is 0.0537. The Kier molecular flexibility index (Phi) is 6.53. The van der Waals surface area contributed by atoms with Crippen molar-refractivity contribution in [1.29, 1.82) is 0 Å². The van der Waals surface area contributed by atoms with Gasteiger partial charge in [0.15, 0.2) is 0 Å². The van der Waals surface area contributed by atoms with Gasteiger partial charge in [0, 0.05) is 35.8 Å². The molecule has 34 heavy (non-hydrogen) atoms. The largest absolute Gasteiger partial charge is 0.416 e. The predicted octanol–water partition coefficient (Wildman–Crippen LogP) is 5.54. The molecular weight excluding hydrogens is 443 g/mol. The van der Waals surface area contributed by atoms with Crippen LogP contribution in [0.5, 0.6) is 0 Å². The zero-order valence-electron chi connectivity index (χ0n) is 18.1. The van der Waals surface area contributed by atoms with Crippen molar-refractivity contribution in [2.45, 2.75) is 19.6 Å². The molecule has 0 aliphatic rings. The Labute approximate surface area is 193 Å². The molecule has 9 heteroatoms. The van der Waals surface area contributed by atoms with Crippen LogP contribution in [0.1, 0.15) is 27.0 Å². The minimum atomic E-state index is -4.49. The number of amides is 1. The first-order valence-corrected chi connectivity index (χ1v) is 10.4. The van der Waals surface area contributed by atoms with Crippen LogP contribution in [-0.4, -0.2) is 20.9 Å². The second-order valence-corrected chi connectivity index (χ2v) is 7.49. The molecule has 0 radical (unpaired) electrons. The number of alkyl halides is 3. The normalized spacial score (nSPS) is 11.2. The molecule has 0 saturated heterocycles. The summed E-state index contributed by atoms with van der Waals surface area (Å²) in [4.78, 5) is 25.3. The number of rotatable bonds is 6. The van der Waals surface area contributed by atoms with Crippen molar-refractivity contribution >= 4 is 17.4 Å². The van der Waals surface area contributed by atoms with Crippen LogP contribution in [0.25, 0.3) is 11.3 Å². The van der Waals surface area contributed by atoms with Crippen LogP contribution in [0.15, 0.2) is 79.4 Å². The molecule has 4 rings (SSSR count). The molecule has 2 aromatic heterocycles. The minimum Gasteiger partial charge on any atom is -0.348 e. The zero-order chi connectivity index (χ0) is 24.1. The van der Waals surface area contributed by atoms with E-state index in [0.717, 1.165) is 17.2 Å². The van der Waals surface area contributed by atoms with Gasteiger partial charge < -0.3 is 10.6 Å². The fourth-order valence-electron chi connectivity index (χ4n) is 3.42. The van der Waals surface area contributed by atoms with Gasteiger partial charge in [0.2, 0.25) is 0 Å². The highest BCUT2D eigenvalue weighted by atomic mass is 19.4. The summed E-state index contributed by atoms with van der Waals surface area (Å²) < 4.78 is 39.7. The number of halogens is 3. The summed E-state index contributed by atoms with van der Waals surface area (Å²) in [6.07, 6.45) is 0.217. The van der Waals surface area contributed by atoms with Crippen molar-refractivity contribution < 1.29 is 18.0 Å². The van der Waals surface area contributed by atoms with E-state index in [4.69, 9.17) is 0 Å². The molecule has 0 spiro atoms. The van der Waals surface area contributed by atoms with Gasteiger partial charge in [-0.2, -0.15) is 13.2 Å². The third kappa shape index (κ3) is 5.20. The van der Waals surface area contributed by atoms with Gasteiger partial charge in [-0.05, 0) is 54.4 Å². The summed E-state index contributed by atoms with van der Waals surface area (Å²) in [5, 5.41) is 5.81. The van der Waals surface area contributed by atoms with Gasteiger partial charge in [-0.15, -0.1) is 0 Å². The van der Waals surface area contributed by atoms with E-state index in [1.165, 1.54) is 24.5 Å². The molecule has 0 atom stereocenters. The first-order chi connectivity index (χ1) is 16.3. The smallest absolute Gasteiger partial charge is 0.348 e. The number of carbonyl (C=O) groups is 1. The number of aromatic nitrogens is 3. The molecule has 4 aromatic rings. The van der Waals surface area contributed by atoms with Gasteiger partial charge in [0.1, 0.15) is 12.1 Å². The highest BCUT2D eigenvalue weighted by Crippen LogP contribution is 2.32. The summed E-state index contributed by atoms with van der Waals surface area (Å²) in [5.41, 5.74) is 2.46. The average Bonchev–Trinajstić information content (AvgIpc) is 2.84. The van der Waals surface area contributed by atoms with Gasteiger partial charge in [-0.25, -0.2) is 15.0 Å². The first-order valence-electron chi connectivity index (χ1n) is 10.4. The highest BCUT2D eigenvalue weighted by Gasteiger charge is 2.32. The van der Waals surface area contributed by atoms with E-state index < -0.39 is 17.6 Å². The van der Waals surface area contributed by atoms with E-state index in [-0.39, 0.29) is 12.1 Å². The number of hydrogen-bond donors (Lipinski definition) is 2. The molecular formula is C25H20F3N5O. The summed E-state index contributed by atoms with van der Waals surface area (Å²) >= 11 is 0. The predicted molar refractivity (Wildman–Crippen MR) is 122 cm³/mol. The SMILES string of the molecule is Cc1ccc(C(=O)NCc2ccccc2C(F)(F)F)cc1Nc1ncccc1-c1ccncn1. The molecule has 2 aromatic carbocycles. The molecule has 0 saturated carbocycles. The maximum atomic E-state index is 13.2. The number of nitrogens with zero attached hydrogens (tertiary/aromatic N) is 3. The van der Waals surface area contributed by atoms with Crippen molar-refractivity contribution in [3.63, 3.8) is 0 Å². The number of carbonyl (C=O) groups excluding carboxylic acids is 1. The Hall–Kier alpha value is -4.27. The summed E-state index contributed by atoms with van der Waals surface area (Å²) in [7, 11) is 0. The Morgan fingerprint density at radius 3 is 2.56 bits per heavy atom. The Bertz CT molecular complexity index is 1310. The molecule has 0 unspecified atom stereocenters. The van der Waals surface area contributed by atoms with Crippen molar-refractivity contribution in [2.24, 2.45) is 0 Å². The number of hydrogen-bond acceptors (Lipinski definition) is 5. The fourth-order valence-corrected chi connectivity index (χ4v) is 3.42. The van der Waals surface area contributed by atoms with Gasteiger partial charge >= 0.3 is 6.18 Å². The zero-order valence-corrected chi connectivity index (χ0v) is 18.1. The van der Waals surface area contributed by atoms with E-state index in [2.05, 4.69) is 25.6 Å². The van der Waals surface area contributed by atoms with Crippen LogP contribution >= 0.6 is 0 Å². The molecule has 1 amide bonds. The molecule has 0 aliphatic carbocycles. The van der Waals surface area contributed by atoms with Crippen molar-refractivity contribution in [3.8, 4) is 11.3 Å². The maximum absolute atomic E-state index is 13.2. The molecule has 0 bridgehead atoms. The third-order valence-corrected chi connectivity index (χ3v) is 5.18. The van der Waals surface area contributed by atoms with Crippen LogP contribution < -0.4 is 10.6 Å². The van der Waals surface area contributed by atoms with Crippen LogP contribution in [0.2, 0.25) is 0 Å². The Morgan fingerprint density at radius 1 is 0.971 bits per heavy atom. The monoisotopic (exact) mass is 463 g/mol. The standard InChI is InChI=1S/C25H20F3N5O/c1-16-8-9-17(24(34)31-14-18-5-2-3-7-20(18)25(26,27)28)13-22(16)33-23-19(6-4-11-30-23)21-10-12-29-15-32-21/h2-13,15H,14H2,1H3,(H,30,33)(H,31,34). The molecule has 0 aliphatic heterocycles. The lowest BCUT2D eigenvalue weighted by atomic mass is 10.1. The third-order valence-electron chi connectivity index (χ3n) is 5.18. The Balaban J connectivity index is 1.55. The van der Waals surface area contributed by atoms with E-state index in [1.807, 2.05) is 13.0 Å². The number of anilines is 2. The molecule has 6 nitrogen and oxygen atoms in total. The van der Waals surface area contributed by atoms with Crippen molar-refractivity contribution in [1.82, 2.24) is 20.3 Å². The van der Waals surface area contributed by atoms with E-state index in [9.17, 15) is 18.0 Å². The topological polar surface area (TPSA) is 79.8 Å². The van der Waals surface area contributed by atoms with Crippen LogP contribution in [-0.2, 0) is 12.7 Å². The first kappa shape index (κ1) is 22.9. The van der Waals surface area contributed by atoms with Crippen LogP contribution in [0, 0.1) is 6.92 Å². The second-order valence-electron chi connectivity index (χ2n) is 7.49. The van der Waals surface area contributed by atoms with Crippen LogP contribution in [0.3, 0.4) is 0 Å². The summed E-state index contributed by atoms with van der Waals surface area (Å²) in [6, 6.07) is 15.6.